The maximum atomic E-state index is 14.7. The van der Waals surface area contributed by atoms with Crippen molar-refractivity contribution in [1.82, 2.24) is 14.8 Å². The molecule has 2 aliphatic rings. The van der Waals surface area contributed by atoms with Crippen molar-refractivity contribution in [2.75, 3.05) is 32.8 Å². The Labute approximate surface area is 273 Å². The number of rotatable bonds is 11. The molecule has 0 unspecified atom stereocenters. The van der Waals surface area contributed by atoms with Gasteiger partial charge in [0.15, 0.2) is 5.78 Å². The Morgan fingerprint density at radius 1 is 1.02 bits per heavy atom. The fourth-order valence-corrected chi connectivity index (χ4v) is 8.40. The van der Waals surface area contributed by atoms with Gasteiger partial charge in [-0.25, -0.2) is 0 Å². The number of hydrogen-bond acceptors (Lipinski definition) is 5. The number of amides is 1. The largest absolute Gasteiger partial charge is 0.379 e. The molecular formula is C35H37Cl2N3O3S. The highest BCUT2D eigenvalue weighted by atomic mass is 35.5. The van der Waals surface area contributed by atoms with Crippen LogP contribution in [0.5, 0.6) is 0 Å². The number of hydrogen-bond donors (Lipinski definition) is 1. The zero-order chi connectivity index (χ0) is 30.7. The van der Waals surface area contributed by atoms with Crippen LogP contribution < -0.4 is 0 Å². The van der Waals surface area contributed by atoms with E-state index in [0.29, 0.717) is 16.5 Å². The lowest BCUT2D eigenvalue weighted by Crippen LogP contribution is -2.42. The summed E-state index contributed by atoms with van der Waals surface area (Å²) in [5.74, 6) is 0.0756. The summed E-state index contributed by atoms with van der Waals surface area (Å²) in [5, 5.41) is 2.22. The molecule has 1 N–H and O–H groups in total. The van der Waals surface area contributed by atoms with Crippen LogP contribution in [0.25, 0.3) is 10.9 Å². The Balaban J connectivity index is 1.41. The molecule has 3 atom stereocenters. The number of thioether (sulfide) groups is 1. The van der Waals surface area contributed by atoms with E-state index in [1.54, 1.807) is 0 Å². The van der Waals surface area contributed by atoms with E-state index in [4.69, 9.17) is 27.9 Å². The van der Waals surface area contributed by atoms with Crippen molar-refractivity contribution in [3.63, 3.8) is 0 Å². The first kappa shape index (κ1) is 31.2. The van der Waals surface area contributed by atoms with E-state index in [-0.39, 0.29) is 24.2 Å². The van der Waals surface area contributed by atoms with E-state index in [1.165, 1.54) is 11.8 Å². The highest BCUT2D eigenvalue weighted by Crippen LogP contribution is 2.57. The Bertz CT molecular complexity index is 1610. The number of halogens is 2. The maximum Gasteiger partial charge on any atom is 0.225 e. The number of benzene rings is 3. The van der Waals surface area contributed by atoms with Crippen LogP contribution in [0.3, 0.4) is 0 Å². The van der Waals surface area contributed by atoms with Crippen molar-refractivity contribution in [2.24, 2.45) is 0 Å². The van der Waals surface area contributed by atoms with Crippen LogP contribution in [0.2, 0.25) is 10.0 Å². The van der Waals surface area contributed by atoms with E-state index in [9.17, 15) is 9.59 Å². The number of ketones is 1. The van der Waals surface area contributed by atoms with E-state index >= 15 is 0 Å². The fraction of sp³-hybridized carbons (Fsp3) is 0.371. The first-order valence-electron chi connectivity index (χ1n) is 15.3. The summed E-state index contributed by atoms with van der Waals surface area (Å²) in [4.78, 5) is 37.7. The summed E-state index contributed by atoms with van der Waals surface area (Å²) >= 11 is 14.1. The lowest BCUT2D eigenvalue weighted by molar-refractivity contribution is -0.131. The Morgan fingerprint density at radius 2 is 1.75 bits per heavy atom. The topological polar surface area (TPSA) is 65.6 Å². The van der Waals surface area contributed by atoms with Gasteiger partial charge in [0.25, 0.3) is 0 Å². The SMILES string of the molecule is C[C@H](c1ccc(Cl)cc1)N1C(=O)C[C@@](Sc2ccccc2)(C(=O)CCCCN2CCOCC2)[C@@H]1c1c[nH]c2cc(Cl)ccc12. The molecule has 0 bridgehead atoms. The number of ether oxygens (including phenoxy) is 1. The molecule has 6 nitrogen and oxygen atoms in total. The number of unbranched alkanes of at least 4 members (excludes halogenated alkanes) is 1. The minimum Gasteiger partial charge on any atom is -0.379 e. The number of likely N-dealkylation sites (tertiary alicyclic amines) is 1. The van der Waals surface area contributed by atoms with Gasteiger partial charge in [0.05, 0.1) is 31.7 Å². The van der Waals surface area contributed by atoms with Gasteiger partial charge in [0.1, 0.15) is 4.75 Å². The molecular weight excluding hydrogens is 613 g/mol. The third-order valence-electron chi connectivity index (χ3n) is 8.91. The van der Waals surface area contributed by atoms with Gasteiger partial charge in [-0.15, -0.1) is 11.8 Å². The van der Waals surface area contributed by atoms with Gasteiger partial charge >= 0.3 is 0 Å². The van der Waals surface area contributed by atoms with Gasteiger partial charge in [-0.3, -0.25) is 14.5 Å². The smallest absolute Gasteiger partial charge is 0.225 e. The number of H-pyrrole nitrogens is 1. The molecule has 3 heterocycles. The predicted molar refractivity (Wildman–Crippen MR) is 179 cm³/mol. The Morgan fingerprint density at radius 3 is 2.50 bits per heavy atom. The highest BCUT2D eigenvalue weighted by molar-refractivity contribution is 8.01. The van der Waals surface area contributed by atoms with Crippen LogP contribution in [0.1, 0.15) is 55.8 Å². The average molecular weight is 651 g/mol. The second-order valence-electron chi connectivity index (χ2n) is 11.7. The number of carbonyl (C=O) groups excluding carboxylic acids is 2. The minimum absolute atomic E-state index is 0.0362. The number of nitrogens with zero attached hydrogens (tertiary/aromatic N) is 2. The first-order chi connectivity index (χ1) is 21.4. The van der Waals surface area contributed by atoms with Crippen LogP contribution in [-0.2, 0) is 14.3 Å². The molecule has 0 spiro atoms. The molecule has 230 valence electrons. The van der Waals surface area contributed by atoms with Crippen molar-refractivity contribution in [1.29, 1.82) is 0 Å². The third kappa shape index (κ3) is 6.44. The standard InChI is InChI=1S/C35H37Cl2N3O3S/c1-24(25-10-12-26(36)13-11-25)40-33(42)22-35(44-28-7-3-2-4-8-28,32(41)9-5-6-16-39-17-19-43-20-18-39)34(40)30-23-38-31-21-27(37)14-15-29(30)31/h2-4,7-8,10-15,21,23-24,34,38H,5-6,9,16-20,22H2,1H3/t24-,34+,35-/m1/s1. The van der Waals surface area contributed by atoms with Crippen LogP contribution in [0.15, 0.2) is 83.9 Å². The van der Waals surface area contributed by atoms with E-state index in [0.717, 1.165) is 72.6 Å². The van der Waals surface area contributed by atoms with Gasteiger partial charge in [-0.1, -0.05) is 59.6 Å². The molecule has 1 amide bonds. The first-order valence-corrected chi connectivity index (χ1v) is 16.8. The second kappa shape index (κ2) is 13.7. The van der Waals surface area contributed by atoms with Crippen LogP contribution >= 0.6 is 35.0 Å². The summed E-state index contributed by atoms with van der Waals surface area (Å²) in [7, 11) is 0. The van der Waals surface area contributed by atoms with Gasteiger partial charge in [0.2, 0.25) is 5.91 Å². The highest BCUT2D eigenvalue weighted by Gasteiger charge is 2.58. The number of carbonyl (C=O) groups is 2. The summed E-state index contributed by atoms with van der Waals surface area (Å²) in [6.45, 7) is 6.37. The van der Waals surface area contributed by atoms with Crippen molar-refractivity contribution in [2.45, 2.75) is 54.3 Å². The van der Waals surface area contributed by atoms with Crippen molar-refractivity contribution in [3.8, 4) is 0 Å². The maximum absolute atomic E-state index is 14.7. The molecule has 0 aliphatic carbocycles. The van der Waals surface area contributed by atoms with Crippen LogP contribution in [0.4, 0.5) is 0 Å². The van der Waals surface area contributed by atoms with E-state index < -0.39 is 10.8 Å². The molecule has 2 aliphatic heterocycles. The summed E-state index contributed by atoms with van der Waals surface area (Å²) in [6, 6.07) is 22.6. The normalized spacial score (nSPS) is 21.7. The molecule has 0 radical (unpaired) electrons. The quantitative estimate of drug-likeness (QED) is 0.166. The van der Waals surface area contributed by atoms with Crippen molar-refractivity contribution in [3.05, 3.63) is 100 Å². The fourth-order valence-electron chi connectivity index (χ4n) is 6.63. The Hall–Kier alpha value is -2.81. The van der Waals surface area contributed by atoms with Crippen LogP contribution in [0, 0.1) is 0 Å². The van der Waals surface area contributed by atoms with Gasteiger partial charge in [0, 0.05) is 57.1 Å². The average Bonchev–Trinajstić information content (AvgIpc) is 3.57. The predicted octanol–water partition coefficient (Wildman–Crippen LogP) is 8.11. The number of fused-ring (bicyclic) bond motifs is 1. The molecule has 1 aromatic heterocycles. The zero-order valence-corrected chi connectivity index (χ0v) is 27.1. The van der Waals surface area contributed by atoms with Crippen molar-refractivity contribution < 1.29 is 14.3 Å². The lowest BCUT2D eigenvalue weighted by atomic mass is 9.86. The molecule has 9 heteroatoms. The number of aromatic nitrogens is 1. The summed E-state index contributed by atoms with van der Waals surface area (Å²) in [6.07, 6.45) is 4.18. The Kier molecular flexibility index (Phi) is 9.69. The number of Topliss-reactive ketones (excluding diaryl/α,β-unsaturated/α-hetero) is 1. The van der Waals surface area contributed by atoms with E-state index in [1.807, 2.05) is 90.8 Å². The number of nitrogens with one attached hydrogen (secondary N) is 1. The molecule has 2 fully saturated rings. The van der Waals surface area contributed by atoms with Crippen LogP contribution in [-0.4, -0.2) is 64.1 Å². The molecule has 4 aromatic rings. The van der Waals surface area contributed by atoms with E-state index in [2.05, 4.69) is 9.88 Å². The lowest BCUT2D eigenvalue weighted by Gasteiger charge is -2.39. The van der Waals surface area contributed by atoms with Gasteiger partial charge < -0.3 is 14.6 Å². The molecule has 44 heavy (non-hydrogen) atoms. The molecule has 3 aromatic carbocycles. The monoisotopic (exact) mass is 649 g/mol. The second-order valence-corrected chi connectivity index (χ2v) is 14.0. The van der Waals surface area contributed by atoms with Crippen molar-refractivity contribution >= 4 is 57.6 Å². The molecule has 0 saturated carbocycles. The third-order valence-corrected chi connectivity index (χ3v) is 10.9. The number of aromatic amines is 1. The van der Waals surface area contributed by atoms with Gasteiger partial charge in [-0.2, -0.15) is 0 Å². The zero-order valence-electron chi connectivity index (χ0n) is 24.8. The number of morpholine rings is 1. The molecule has 6 rings (SSSR count). The summed E-state index contributed by atoms with van der Waals surface area (Å²) in [5.41, 5.74) is 2.77. The minimum atomic E-state index is -1.02. The van der Waals surface area contributed by atoms with Gasteiger partial charge in [-0.05, 0) is 68.3 Å². The molecule has 2 saturated heterocycles. The summed E-state index contributed by atoms with van der Waals surface area (Å²) < 4.78 is 4.47.